The summed E-state index contributed by atoms with van der Waals surface area (Å²) >= 11 is 0. The lowest BCUT2D eigenvalue weighted by molar-refractivity contribution is 0.0963. The topological polar surface area (TPSA) is 20.3 Å². The standard InChI is InChI=1S/C15H20FNO/c1-2-17(11-12-6-7-12)9-8-15(18)13-4-3-5-14(16)10-13/h3-5,10,12H,2,6-9,11H2,1H3. The molecule has 2 rings (SSSR count). The lowest BCUT2D eigenvalue weighted by Crippen LogP contribution is -2.28. The number of halogens is 1. The number of hydrogen-bond acceptors (Lipinski definition) is 2. The predicted molar refractivity (Wildman–Crippen MR) is 70.2 cm³/mol. The Balaban J connectivity index is 1.82. The van der Waals surface area contributed by atoms with Gasteiger partial charge in [-0.3, -0.25) is 4.79 Å². The summed E-state index contributed by atoms with van der Waals surface area (Å²) in [5, 5.41) is 0. The molecule has 18 heavy (non-hydrogen) atoms. The summed E-state index contributed by atoms with van der Waals surface area (Å²) < 4.78 is 13.0. The third-order valence-electron chi connectivity index (χ3n) is 3.46. The van der Waals surface area contributed by atoms with E-state index in [4.69, 9.17) is 0 Å². The Hall–Kier alpha value is -1.22. The van der Waals surface area contributed by atoms with Gasteiger partial charge in [0.1, 0.15) is 5.82 Å². The van der Waals surface area contributed by atoms with Crippen LogP contribution in [0.4, 0.5) is 4.39 Å². The van der Waals surface area contributed by atoms with Gasteiger partial charge in [0, 0.05) is 25.1 Å². The molecule has 0 bridgehead atoms. The highest BCUT2D eigenvalue weighted by Gasteiger charge is 2.23. The number of nitrogens with zero attached hydrogens (tertiary/aromatic N) is 1. The molecule has 0 atom stereocenters. The van der Waals surface area contributed by atoms with Gasteiger partial charge in [0.15, 0.2) is 5.78 Å². The zero-order valence-electron chi connectivity index (χ0n) is 10.9. The Kier molecular flexibility index (Phi) is 4.48. The van der Waals surface area contributed by atoms with E-state index in [0.29, 0.717) is 12.0 Å². The fourth-order valence-electron chi connectivity index (χ4n) is 2.11. The second kappa shape index (κ2) is 6.10. The summed E-state index contributed by atoms with van der Waals surface area (Å²) in [6, 6.07) is 5.95. The van der Waals surface area contributed by atoms with Crippen LogP contribution in [0.15, 0.2) is 24.3 Å². The van der Waals surface area contributed by atoms with Gasteiger partial charge in [-0.1, -0.05) is 19.1 Å². The molecule has 2 nitrogen and oxygen atoms in total. The van der Waals surface area contributed by atoms with Gasteiger partial charge in [-0.05, 0) is 37.4 Å². The normalized spacial score (nSPS) is 15.1. The highest BCUT2D eigenvalue weighted by Crippen LogP contribution is 2.29. The Morgan fingerprint density at radius 1 is 1.44 bits per heavy atom. The number of ketones is 1. The van der Waals surface area contributed by atoms with Gasteiger partial charge in [-0.2, -0.15) is 0 Å². The summed E-state index contributed by atoms with van der Waals surface area (Å²) in [5.74, 6) is 0.532. The molecule has 0 radical (unpaired) electrons. The molecular weight excluding hydrogens is 229 g/mol. The largest absolute Gasteiger partial charge is 0.303 e. The average molecular weight is 249 g/mol. The Morgan fingerprint density at radius 3 is 2.83 bits per heavy atom. The van der Waals surface area contributed by atoms with Crippen molar-refractivity contribution < 1.29 is 9.18 Å². The third kappa shape index (κ3) is 3.91. The van der Waals surface area contributed by atoms with Crippen LogP contribution in [0.25, 0.3) is 0 Å². The number of Topliss-reactive ketones (excluding diaryl/α,β-unsaturated/α-hetero) is 1. The number of carbonyl (C=O) groups excluding carboxylic acids is 1. The molecule has 1 aromatic carbocycles. The van der Waals surface area contributed by atoms with Gasteiger partial charge in [0.2, 0.25) is 0 Å². The predicted octanol–water partition coefficient (Wildman–Crippen LogP) is 3.13. The van der Waals surface area contributed by atoms with Gasteiger partial charge < -0.3 is 4.90 Å². The number of benzene rings is 1. The van der Waals surface area contributed by atoms with Gasteiger partial charge in [-0.25, -0.2) is 4.39 Å². The molecule has 0 saturated heterocycles. The van der Waals surface area contributed by atoms with E-state index in [9.17, 15) is 9.18 Å². The summed E-state index contributed by atoms with van der Waals surface area (Å²) in [7, 11) is 0. The first-order chi connectivity index (χ1) is 8.69. The van der Waals surface area contributed by atoms with Crippen LogP contribution < -0.4 is 0 Å². The molecule has 0 spiro atoms. The van der Waals surface area contributed by atoms with E-state index in [2.05, 4.69) is 11.8 Å². The van der Waals surface area contributed by atoms with Crippen molar-refractivity contribution in [1.82, 2.24) is 4.90 Å². The van der Waals surface area contributed by atoms with E-state index in [0.717, 1.165) is 25.6 Å². The van der Waals surface area contributed by atoms with Crippen molar-refractivity contribution in [3.63, 3.8) is 0 Å². The molecule has 3 heteroatoms. The summed E-state index contributed by atoms with van der Waals surface area (Å²) in [6.07, 6.45) is 3.13. The van der Waals surface area contributed by atoms with E-state index in [1.165, 1.54) is 25.0 Å². The molecule has 1 aromatic rings. The van der Waals surface area contributed by atoms with Gasteiger partial charge in [0.25, 0.3) is 0 Å². The zero-order chi connectivity index (χ0) is 13.0. The Bertz CT molecular complexity index is 415. The van der Waals surface area contributed by atoms with E-state index in [1.807, 2.05) is 0 Å². The first-order valence-corrected chi connectivity index (χ1v) is 6.70. The quantitative estimate of drug-likeness (QED) is 0.692. The van der Waals surface area contributed by atoms with Crippen LogP contribution in [0.3, 0.4) is 0 Å². The van der Waals surface area contributed by atoms with Crippen LogP contribution in [0.1, 0.15) is 36.5 Å². The number of hydrogen-bond donors (Lipinski definition) is 0. The van der Waals surface area contributed by atoms with E-state index < -0.39 is 0 Å². The van der Waals surface area contributed by atoms with Gasteiger partial charge in [0.05, 0.1) is 0 Å². The van der Waals surface area contributed by atoms with Crippen LogP contribution in [-0.2, 0) is 0 Å². The molecule has 0 aliphatic heterocycles. The minimum Gasteiger partial charge on any atom is -0.303 e. The molecule has 0 aromatic heterocycles. The number of rotatable bonds is 7. The fourth-order valence-corrected chi connectivity index (χ4v) is 2.11. The Morgan fingerprint density at radius 2 is 2.22 bits per heavy atom. The van der Waals surface area contributed by atoms with Crippen molar-refractivity contribution in [1.29, 1.82) is 0 Å². The minimum absolute atomic E-state index is 0.0312. The van der Waals surface area contributed by atoms with Crippen LogP contribution in [0.2, 0.25) is 0 Å². The lowest BCUT2D eigenvalue weighted by Gasteiger charge is -2.19. The van der Waals surface area contributed by atoms with Gasteiger partial charge >= 0.3 is 0 Å². The first kappa shape index (κ1) is 13.2. The van der Waals surface area contributed by atoms with Crippen molar-refractivity contribution in [2.45, 2.75) is 26.2 Å². The summed E-state index contributed by atoms with van der Waals surface area (Å²) in [4.78, 5) is 14.2. The van der Waals surface area contributed by atoms with Crippen LogP contribution in [-0.4, -0.2) is 30.3 Å². The van der Waals surface area contributed by atoms with Crippen molar-refractivity contribution >= 4 is 5.78 Å². The SMILES string of the molecule is CCN(CCC(=O)c1cccc(F)c1)CC1CC1. The highest BCUT2D eigenvalue weighted by molar-refractivity contribution is 5.96. The molecule has 0 unspecified atom stereocenters. The molecule has 1 fully saturated rings. The second-order valence-electron chi connectivity index (χ2n) is 5.02. The summed E-state index contributed by atoms with van der Waals surface area (Å²) in [6.45, 7) is 4.98. The first-order valence-electron chi connectivity index (χ1n) is 6.70. The van der Waals surface area contributed by atoms with E-state index >= 15 is 0 Å². The second-order valence-corrected chi connectivity index (χ2v) is 5.02. The molecule has 0 heterocycles. The molecule has 98 valence electrons. The van der Waals surface area contributed by atoms with E-state index in [1.54, 1.807) is 12.1 Å². The van der Waals surface area contributed by atoms with Crippen LogP contribution >= 0.6 is 0 Å². The van der Waals surface area contributed by atoms with Crippen molar-refractivity contribution in [3.05, 3.63) is 35.6 Å². The van der Waals surface area contributed by atoms with Crippen molar-refractivity contribution in [2.24, 2.45) is 5.92 Å². The molecule has 0 amide bonds. The summed E-state index contributed by atoms with van der Waals surface area (Å²) in [5.41, 5.74) is 0.484. The molecule has 1 saturated carbocycles. The Labute approximate surface area is 108 Å². The monoisotopic (exact) mass is 249 g/mol. The smallest absolute Gasteiger partial charge is 0.164 e. The van der Waals surface area contributed by atoms with Crippen LogP contribution in [0, 0.1) is 11.7 Å². The maximum Gasteiger partial charge on any atom is 0.164 e. The third-order valence-corrected chi connectivity index (χ3v) is 3.46. The maximum atomic E-state index is 13.0. The minimum atomic E-state index is -0.342. The average Bonchev–Trinajstić information content (AvgIpc) is 3.18. The molecule has 0 N–H and O–H groups in total. The highest BCUT2D eigenvalue weighted by atomic mass is 19.1. The molecule has 1 aliphatic carbocycles. The van der Waals surface area contributed by atoms with Crippen molar-refractivity contribution in [3.8, 4) is 0 Å². The lowest BCUT2D eigenvalue weighted by atomic mass is 10.1. The van der Waals surface area contributed by atoms with Crippen LogP contribution in [0.5, 0.6) is 0 Å². The maximum absolute atomic E-state index is 13.0. The number of carbonyl (C=O) groups is 1. The van der Waals surface area contributed by atoms with E-state index in [-0.39, 0.29) is 11.6 Å². The molecular formula is C15H20FNO. The van der Waals surface area contributed by atoms with Gasteiger partial charge in [-0.15, -0.1) is 0 Å². The van der Waals surface area contributed by atoms with Crippen molar-refractivity contribution in [2.75, 3.05) is 19.6 Å². The molecule has 1 aliphatic rings. The fraction of sp³-hybridized carbons (Fsp3) is 0.533. The zero-order valence-corrected chi connectivity index (χ0v) is 10.9.